The van der Waals surface area contributed by atoms with Crippen LogP contribution in [-0.4, -0.2) is 41.2 Å². The molecule has 172 valence electrons. The maximum absolute atomic E-state index is 13.0. The van der Waals surface area contributed by atoms with Gasteiger partial charge < -0.3 is 9.64 Å². The van der Waals surface area contributed by atoms with Crippen LogP contribution in [0.2, 0.25) is 5.02 Å². The molecule has 0 spiro atoms. The first kappa shape index (κ1) is 23.1. The number of hydrogen-bond acceptors (Lipinski definition) is 3. The number of rotatable bonds is 9. The molecule has 1 saturated heterocycles. The van der Waals surface area contributed by atoms with Crippen molar-refractivity contribution in [3.05, 3.63) is 78.1 Å². The zero-order valence-electron chi connectivity index (χ0n) is 19.2. The van der Waals surface area contributed by atoms with Crippen LogP contribution in [0.15, 0.2) is 73.1 Å². The molecule has 0 unspecified atom stereocenters. The van der Waals surface area contributed by atoms with E-state index in [0.717, 1.165) is 53.4 Å². The molecule has 0 N–H and O–H groups in total. The summed E-state index contributed by atoms with van der Waals surface area (Å²) in [4.78, 5) is 20.8. The molecule has 33 heavy (non-hydrogen) atoms. The first-order valence-corrected chi connectivity index (χ1v) is 11.8. The lowest BCUT2D eigenvalue weighted by atomic mass is 9.95. The van der Waals surface area contributed by atoms with Crippen LogP contribution in [0.25, 0.3) is 11.1 Å². The van der Waals surface area contributed by atoms with Crippen LogP contribution in [-0.2, 0) is 0 Å². The Kier molecular flexibility index (Phi) is 7.19. The van der Waals surface area contributed by atoms with Crippen LogP contribution in [0.4, 0.5) is 10.5 Å². The van der Waals surface area contributed by atoms with Crippen molar-refractivity contribution in [2.45, 2.75) is 38.6 Å². The second-order valence-electron chi connectivity index (χ2n) is 8.94. The molecule has 0 saturated carbocycles. The van der Waals surface area contributed by atoms with Crippen molar-refractivity contribution in [2.24, 2.45) is 0 Å². The summed E-state index contributed by atoms with van der Waals surface area (Å²) >= 11 is 5.97. The summed E-state index contributed by atoms with van der Waals surface area (Å²) in [7, 11) is 0. The SMILES string of the molecule is CC(C)(CCCCOc1ccc(-c2ccc(Cl)cc2)cc1)N1CCN(c2ccncc2)C1=O. The summed E-state index contributed by atoms with van der Waals surface area (Å²) in [5.41, 5.74) is 2.98. The van der Waals surface area contributed by atoms with Gasteiger partial charge in [-0.1, -0.05) is 35.9 Å². The van der Waals surface area contributed by atoms with E-state index in [-0.39, 0.29) is 11.6 Å². The number of pyridine rings is 1. The van der Waals surface area contributed by atoms with E-state index in [2.05, 4.69) is 31.0 Å². The Balaban J connectivity index is 1.22. The van der Waals surface area contributed by atoms with Crippen molar-refractivity contribution in [1.29, 1.82) is 0 Å². The number of carbonyl (C=O) groups excluding carboxylic acids is 1. The fraction of sp³-hybridized carbons (Fsp3) is 0.333. The Labute approximate surface area is 201 Å². The average molecular weight is 464 g/mol. The highest BCUT2D eigenvalue weighted by Gasteiger charge is 2.38. The number of amides is 2. The number of unbranched alkanes of at least 4 members (excludes halogenated alkanes) is 1. The zero-order chi connectivity index (χ0) is 23.3. The molecule has 5 nitrogen and oxygen atoms in total. The first-order chi connectivity index (χ1) is 15.9. The predicted octanol–water partition coefficient (Wildman–Crippen LogP) is 6.67. The Hall–Kier alpha value is -3.05. The second kappa shape index (κ2) is 10.3. The van der Waals surface area contributed by atoms with Gasteiger partial charge in [-0.3, -0.25) is 9.88 Å². The minimum atomic E-state index is -0.195. The highest BCUT2D eigenvalue weighted by Crippen LogP contribution is 2.29. The van der Waals surface area contributed by atoms with Crippen molar-refractivity contribution in [3.63, 3.8) is 0 Å². The molecule has 0 radical (unpaired) electrons. The summed E-state index contributed by atoms with van der Waals surface area (Å²) in [6.07, 6.45) is 6.32. The Morgan fingerprint density at radius 1 is 0.909 bits per heavy atom. The molecule has 6 heteroatoms. The first-order valence-electron chi connectivity index (χ1n) is 11.4. The number of urea groups is 1. The van der Waals surface area contributed by atoms with Gasteiger partial charge in [0.05, 0.1) is 6.61 Å². The lowest BCUT2D eigenvalue weighted by Gasteiger charge is -2.35. The normalized spacial score (nSPS) is 14.1. The van der Waals surface area contributed by atoms with Crippen LogP contribution in [0.3, 0.4) is 0 Å². The van der Waals surface area contributed by atoms with Gasteiger partial charge in [0.15, 0.2) is 0 Å². The maximum Gasteiger partial charge on any atom is 0.325 e. The van der Waals surface area contributed by atoms with Gasteiger partial charge in [-0.25, -0.2) is 4.79 Å². The molecule has 0 bridgehead atoms. The molecule has 2 amide bonds. The van der Waals surface area contributed by atoms with E-state index in [1.807, 2.05) is 58.3 Å². The largest absolute Gasteiger partial charge is 0.494 e. The van der Waals surface area contributed by atoms with E-state index in [4.69, 9.17) is 16.3 Å². The third-order valence-electron chi connectivity index (χ3n) is 6.20. The van der Waals surface area contributed by atoms with Crippen LogP contribution in [0.1, 0.15) is 33.1 Å². The molecule has 0 aliphatic carbocycles. The van der Waals surface area contributed by atoms with Crippen molar-refractivity contribution in [2.75, 3.05) is 24.6 Å². The molecule has 1 fully saturated rings. The van der Waals surface area contributed by atoms with Gasteiger partial charge in [-0.05, 0) is 80.6 Å². The predicted molar refractivity (Wildman–Crippen MR) is 134 cm³/mol. The van der Waals surface area contributed by atoms with E-state index in [1.165, 1.54) is 0 Å². The third-order valence-corrected chi connectivity index (χ3v) is 6.45. The molecule has 1 aliphatic rings. The van der Waals surface area contributed by atoms with Gasteiger partial charge >= 0.3 is 6.03 Å². The quantitative estimate of drug-likeness (QED) is 0.333. The minimum Gasteiger partial charge on any atom is -0.494 e. The molecular weight excluding hydrogens is 434 g/mol. The molecule has 2 heterocycles. The van der Waals surface area contributed by atoms with E-state index in [9.17, 15) is 4.79 Å². The fourth-order valence-corrected chi connectivity index (χ4v) is 4.36. The Morgan fingerprint density at radius 2 is 1.55 bits per heavy atom. The van der Waals surface area contributed by atoms with E-state index < -0.39 is 0 Å². The molecule has 0 atom stereocenters. The number of halogens is 1. The van der Waals surface area contributed by atoms with Crippen LogP contribution >= 0.6 is 11.6 Å². The van der Waals surface area contributed by atoms with E-state index in [1.54, 1.807) is 12.4 Å². The van der Waals surface area contributed by atoms with E-state index in [0.29, 0.717) is 13.2 Å². The number of anilines is 1. The molecule has 1 aliphatic heterocycles. The zero-order valence-corrected chi connectivity index (χ0v) is 20.0. The Bertz CT molecular complexity index is 1050. The van der Waals surface area contributed by atoms with Crippen molar-refractivity contribution in [1.82, 2.24) is 9.88 Å². The smallest absolute Gasteiger partial charge is 0.325 e. The molecule has 4 rings (SSSR count). The molecule has 1 aromatic heterocycles. The van der Waals surface area contributed by atoms with Gasteiger partial charge in [-0.15, -0.1) is 0 Å². The highest BCUT2D eigenvalue weighted by atomic mass is 35.5. The summed E-state index contributed by atoms with van der Waals surface area (Å²) in [6.45, 7) is 6.41. The number of aromatic nitrogens is 1. The standard InChI is InChI=1S/C27H30ClN3O2/c1-27(2,31-19-18-30(26(31)32)24-13-16-29-17-14-24)15-3-4-20-33-25-11-7-22(8-12-25)21-5-9-23(28)10-6-21/h5-14,16-17H,3-4,15,18-20H2,1-2H3. The highest BCUT2D eigenvalue weighted by molar-refractivity contribution is 6.30. The van der Waals surface area contributed by atoms with Crippen LogP contribution < -0.4 is 9.64 Å². The number of nitrogens with zero attached hydrogens (tertiary/aromatic N) is 3. The number of carbonyl (C=O) groups is 1. The van der Waals surface area contributed by atoms with Crippen LogP contribution in [0, 0.1) is 0 Å². The summed E-state index contributed by atoms with van der Waals surface area (Å²) in [6, 6.07) is 19.8. The van der Waals surface area contributed by atoms with Crippen molar-refractivity contribution >= 4 is 23.3 Å². The molecular formula is C27H30ClN3O2. The van der Waals surface area contributed by atoms with Gasteiger partial charge in [0.1, 0.15) is 5.75 Å². The summed E-state index contributed by atoms with van der Waals surface area (Å²) in [5.74, 6) is 0.870. The summed E-state index contributed by atoms with van der Waals surface area (Å²) < 4.78 is 5.94. The van der Waals surface area contributed by atoms with Crippen molar-refractivity contribution < 1.29 is 9.53 Å². The monoisotopic (exact) mass is 463 g/mol. The minimum absolute atomic E-state index is 0.0724. The Morgan fingerprint density at radius 3 is 2.21 bits per heavy atom. The number of benzene rings is 2. The number of ether oxygens (including phenoxy) is 1. The molecule has 2 aromatic carbocycles. The van der Waals surface area contributed by atoms with Gasteiger partial charge in [0.25, 0.3) is 0 Å². The fourth-order valence-electron chi connectivity index (χ4n) is 4.23. The topological polar surface area (TPSA) is 45.7 Å². The maximum atomic E-state index is 13.0. The van der Waals surface area contributed by atoms with Crippen molar-refractivity contribution in [3.8, 4) is 16.9 Å². The van der Waals surface area contributed by atoms with Gasteiger partial charge in [0.2, 0.25) is 0 Å². The van der Waals surface area contributed by atoms with Gasteiger partial charge in [0, 0.05) is 41.7 Å². The molecule has 3 aromatic rings. The summed E-state index contributed by atoms with van der Waals surface area (Å²) in [5, 5.41) is 0.738. The van der Waals surface area contributed by atoms with Crippen LogP contribution in [0.5, 0.6) is 5.75 Å². The van der Waals surface area contributed by atoms with Gasteiger partial charge in [-0.2, -0.15) is 0 Å². The lowest BCUT2D eigenvalue weighted by molar-refractivity contribution is 0.150. The average Bonchev–Trinajstić information content (AvgIpc) is 3.22. The number of hydrogen-bond donors (Lipinski definition) is 0. The lowest BCUT2D eigenvalue weighted by Crippen LogP contribution is -2.46. The van der Waals surface area contributed by atoms with E-state index >= 15 is 0 Å². The third kappa shape index (κ3) is 5.66. The second-order valence-corrected chi connectivity index (χ2v) is 9.38.